The van der Waals surface area contributed by atoms with Crippen LogP contribution in [-0.4, -0.2) is 17.2 Å². The highest BCUT2D eigenvalue weighted by Gasteiger charge is 2.17. The van der Waals surface area contributed by atoms with Crippen molar-refractivity contribution in [3.05, 3.63) is 36.0 Å². The molecular weight excluding hydrogens is 244 g/mol. The van der Waals surface area contributed by atoms with E-state index < -0.39 is 0 Å². The summed E-state index contributed by atoms with van der Waals surface area (Å²) >= 11 is 0. The van der Waals surface area contributed by atoms with Gasteiger partial charge in [-0.15, -0.1) is 0 Å². The molecule has 1 saturated carbocycles. The molecule has 0 saturated heterocycles. The summed E-state index contributed by atoms with van der Waals surface area (Å²) in [6.45, 7) is 6.68. The van der Waals surface area contributed by atoms with E-state index in [4.69, 9.17) is 0 Å². The number of hydrogen-bond acceptors (Lipinski definition) is 1. The Balaban J connectivity index is 1.55. The van der Waals surface area contributed by atoms with Crippen LogP contribution in [0.3, 0.4) is 0 Å². The second-order valence-electron chi connectivity index (χ2n) is 6.48. The Kier molecular flexibility index (Phi) is 4.11. The number of rotatable bonds is 4. The van der Waals surface area contributed by atoms with Crippen molar-refractivity contribution in [3.63, 3.8) is 0 Å². The first-order valence-corrected chi connectivity index (χ1v) is 8.01. The van der Waals surface area contributed by atoms with Crippen LogP contribution in [-0.2, 0) is 6.54 Å². The fourth-order valence-corrected chi connectivity index (χ4v) is 3.37. The Morgan fingerprint density at radius 3 is 2.75 bits per heavy atom. The molecule has 0 unspecified atom stereocenters. The molecule has 1 aromatic heterocycles. The van der Waals surface area contributed by atoms with Crippen LogP contribution in [0.25, 0.3) is 10.9 Å². The second kappa shape index (κ2) is 6.01. The standard InChI is InChI=1S/C18H26N2/c1-14-3-6-17(7-4-14)19-10-12-20-11-9-16-13-15(2)5-8-18(16)20/h5,8-9,11,13-14,17,19H,3-4,6-7,10,12H2,1-2H3. The van der Waals surface area contributed by atoms with E-state index >= 15 is 0 Å². The average molecular weight is 270 g/mol. The van der Waals surface area contributed by atoms with Crippen molar-refractivity contribution < 1.29 is 0 Å². The van der Waals surface area contributed by atoms with Gasteiger partial charge in [0.15, 0.2) is 0 Å². The maximum atomic E-state index is 3.74. The quantitative estimate of drug-likeness (QED) is 0.884. The van der Waals surface area contributed by atoms with E-state index in [2.05, 4.69) is 54.2 Å². The maximum Gasteiger partial charge on any atom is 0.0480 e. The third-order valence-electron chi connectivity index (χ3n) is 4.73. The first-order chi connectivity index (χ1) is 9.72. The molecule has 1 fully saturated rings. The van der Waals surface area contributed by atoms with Crippen LogP contribution in [0.15, 0.2) is 30.5 Å². The summed E-state index contributed by atoms with van der Waals surface area (Å²) in [6, 6.07) is 9.68. The van der Waals surface area contributed by atoms with Gasteiger partial charge in [-0.05, 0) is 62.1 Å². The van der Waals surface area contributed by atoms with Crippen molar-refractivity contribution in [1.82, 2.24) is 9.88 Å². The first-order valence-electron chi connectivity index (χ1n) is 8.01. The van der Waals surface area contributed by atoms with Crippen molar-refractivity contribution in [2.24, 2.45) is 5.92 Å². The van der Waals surface area contributed by atoms with E-state index in [0.29, 0.717) is 0 Å². The van der Waals surface area contributed by atoms with Gasteiger partial charge in [-0.2, -0.15) is 0 Å². The summed E-state index contributed by atoms with van der Waals surface area (Å²) in [5.41, 5.74) is 2.69. The van der Waals surface area contributed by atoms with Crippen LogP contribution in [0.4, 0.5) is 0 Å². The third kappa shape index (κ3) is 3.06. The molecule has 1 aliphatic carbocycles. The molecule has 2 heteroatoms. The molecule has 2 nitrogen and oxygen atoms in total. The lowest BCUT2D eigenvalue weighted by atomic mass is 9.87. The molecule has 20 heavy (non-hydrogen) atoms. The topological polar surface area (TPSA) is 17.0 Å². The summed E-state index contributed by atoms with van der Waals surface area (Å²) in [7, 11) is 0. The van der Waals surface area contributed by atoms with Crippen LogP contribution < -0.4 is 5.32 Å². The monoisotopic (exact) mass is 270 g/mol. The highest BCUT2D eigenvalue weighted by molar-refractivity contribution is 5.80. The number of nitrogens with one attached hydrogen (secondary N) is 1. The first kappa shape index (κ1) is 13.7. The number of hydrogen-bond donors (Lipinski definition) is 1. The minimum Gasteiger partial charge on any atom is -0.346 e. The van der Waals surface area contributed by atoms with Crippen molar-refractivity contribution in [2.75, 3.05) is 6.54 Å². The molecule has 0 spiro atoms. The lowest BCUT2D eigenvalue weighted by Crippen LogP contribution is -2.34. The summed E-state index contributed by atoms with van der Waals surface area (Å²) in [5, 5.41) is 5.09. The van der Waals surface area contributed by atoms with Crippen molar-refractivity contribution in [1.29, 1.82) is 0 Å². The number of fused-ring (bicyclic) bond motifs is 1. The molecule has 2 aromatic rings. The number of nitrogens with zero attached hydrogens (tertiary/aromatic N) is 1. The minimum absolute atomic E-state index is 0.746. The molecule has 108 valence electrons. The normalized spacial score (nSPS) is 23.3. The molecule has 0 amide bonds. The smallest absolute Gasteiger partial charge is 0.0480 e. The molecule has 0 radical (unpaired) electrons. The lowest BCUT2D eigenvalue weighted by Gasteiger charge is -2.27. The molecule has 0 aliphatic heterocycles. The Hall–Kier alpha value is -1.28. The Morgan fingerprint density at radius 2 is 1.95 bits per heavy atom. The van der Waals surface area contributed by atoms with Crippen molar-refractivity contribution in [3.8, 4) is 0 Å². The largest absolute Gasteiger partial charge is 0.346 e. The van der Waals surface area contributed by atoms with Gasteiger partial charge in [0.05, 0.1) is 0 Å². The summed E-state index contributed by atoms with van der Waals surface area (Å²) in [5.74, 6) is 0.935. The van der Waals surface area contributed by atoms with E-state index in [1.807, 2.05) is 0 Å². The lowest BCUT2D eigenvalue weighted by molar-refractivity contribution is 0.305. The third-order valence-corrected chi connectivity index (χ3v) is 4.73. The fourth-order valence-electron chi connectivity index (χ4n) is 3.37. The van der Waals surface area contributed by atoms with Gasteiger partial charge in [0.25, 0.3) is 0 Å². The van der Waals surface area contributed by atoms with Gasteiger partial charge in [-0.3, -0.25) is 0 Å². The predicted molar refractivity (Wildman–Crippen MR) is 86.1 cm³/mol. The number of aromatic nitrogens is 1. The zero-order valence-corrected chi connectivity index (χ0v) is 12.7. The van der Waals surface area contributed by atoms with Crippen molar-refractivity contribution >= 4 is 10.9 Å². The highest BCUT2D eigenvalue weighted by Crippen LogP contribution is 2.23. The Labute approximate surface area is 122 Å². The number of aryl methyl sites for hydroxylation is 1. The van der Waals surface area contributed by atoms with E-state index in [-0.39, 0.29) is 0 Å². The summed E-state index contributed by atoms with van der Waals surface area (Å²) < 4.78 is 2.37. The average Bonchev–Trinajstić information content (AvgIpc) is 2.83. The van der Waals surface area contributed by atoms with Gasteiger partial charge < -0.3 is 9.88 Å². The van der Waals surface area contributed by atoms with Crippen molar-refractivity contribution in [2.45, 2.75) is 52.1 Å². The molecule has 1 aromatic carbocycles. The van der Waals surface area contributed by atoms with Gasteiger partial charge in [-0.25, -0.2) is 0 Å². The van der Waals surface area contributed by atoms with Gasteiger partial charge in [0.2, 0.25) is 0 Å². The Morgan fingerprint density at radius 1 is 1.15 bits per heavy atom. The van der Waals surface area contributed by atoms with Gasteiger partial charge in [0.1, 0.15) is 0 Å². The summed E-state index contributed by atoms with van der Waals surface area (Å²) in [4.78, 5) is 0. The van der Waals surface area contributed by atoms with Crippen LogP contribution >= 0.6 is 0 Å². The van der Waals surface area contributed by atoms with E-state index in [9.17, 15) is 0 Å². The predicted octanol–water partition coefficient (Wildman–Crippen LogP) is 4.12. The summed E-state index contributed by atoms with van der Waals surface area (Å²) in [6.07, 6.45) is 7.71. The zero-order valence-electron chi connectivity index (χ0n) is 12.7. The molecule has 1 heterocycles. The van der Waals surface area contributed by atoms with E-state index in [1.165, 1.54) is 42.1 Å². The number of benzene rings is 1. The van der Waals surface area contributed by atoms with Gasteiger partial charge >= 0.3 is 0 Å². The SMILES string of the molecule is Cc1ccc2c(ccn2CCNC2CCC(C)CC2)c1. The molecule has 3 rings (SSSR count). The van der Waals surface area contributed by atoms with Gasteiger partial charge in [-0.1, -0.05) is 18.6 Å². The molecule has 1 aliphatic rings. The fraction of sp³-hybridized carbons (Fsp3) is 0.556. The molecule has 0 bridgehead atoms. The molecule has 1 N–H and O–H groups in total. The molecule has 0 atom stereocenters. The highest BCUT2D eigenvalue weighted by atomic mass is 15.0. The zero-order chi connectivity index (χ0) is 13.9. The second-order valence-corrected chi connectivity index (χ2v) is 6.48. The van der Waals surface area contributed by atoms with Crippen LogP contribution in [0, 0.1) is 12.8 Å². The van der Waals surface area contributed by atoms with Crippen LogP contribution in [0.1, 0.15) is 38.2 Å². The Bertz CT molecular complexity index is 562. The van der Waals surface area contributed by atoms with Crippen LogP contribution in [0.2, 0.25) is 0 Å². The van der Waals surface area contributed by atoms with Crippen LogP contribution in [0.5, 0.6) is 0 Å². The molecular formula is C18H26N2. The maximum absolute atomic E-state index is 3.74. The minimum atomic E-state index is 0.746. The van der Waals surface area contributed by atoms with Gasteiger partial charge in [0, 0.05) is 30.8 Å². The van der Waals surface area contributed by atoms with E-state index in [1.54, 1.807) is 0 Å². The van der Waals surface area contributed by atoms with E-state index in [0.717, 1.165) is 25.0 Å².